The number of nitrogens with zero attached hydrogens (tertiary/aromatic N) is 6. The molecule has 1 aliphatic heterocycles. The number of likely N-dealkylation sites (tertiary alicyclic amines) is 1. The number of rotatable bonds is 4. The molecule has 0 radical (unpaired) electrons. The fourth-order valence-electron chi connectivity index (χ4n) is 3.40. The van der Waals surface area contributed by atoms with E-state index < -0.39 is 0 Å². The Kier molecular flexibility index (Phi) is 3.75. The number of para-hydroxylation sites is 1. The van der Waals surface area contributed by atoms with Gasteiger partial charge in [-0.25, -0.2) is 15.0 Å². The maximum absolute atomic E-state index is 4.74. The number of fused-ring (bicyclic) bond motifs is 1. The van der Waals surface area contributed by atoms with Crippen molar-refractivity contribution in [2.75, 3.05) is 6.54 Å². The molecule has 0 unspecified atom stereocenters. The maximum atomic E-state index is 4.74. The van der Waals surface area contributed by atoms with Gasteiger partial charge in [-0.3, -0.25) is 9.58 Å². The van der Waals surface area contributed by atoms with Crippen LogP contribution in [0.25, 0.3) is 10.9 Å². The number of aromatic nitrogens is 5. The van der Waals surface area contributed by atoms with Gasteiger partial charge in [-0.05, 0) is 32.4 Å². The van der Waals surface area contributed by atoms with Gasteiger partial charge < -0.3 is 0 Å². The van der Waals surface area contributed by atoms with Crippen LogP contribution in [0.5, 0.6) is 0 Å². The molecule has 1 fully saturated rings. The van der Waals surface area contributed by atoms with E-state index in [1.54, 1.807) is 12.7 Å². The Labute approximate surface area is 135 Å². The molecular formula is C17H20N6. The van der Waals surface area contributed by atoms with Crippen molar-refractivity contribution in [2.45, 2.75) is 38.9 Å². The van der Waals surface area contributed by atoms with Crippen LogP contribution in [0.1, 0.15) is 24.4 Å². The molecule has 0 spiro atoms. The van der Waals surface area contributed by atoms with Gasteiger partial charge in [-0.1, -0.05) is 18.2 Å². The summed E-state index contributed by atoms with van der Waals surface area (Å²) in [6.45, 7) is 4.83. The van der Waals surface area contributed by atoms with Crippen molar-refractivity contribution in [3.05, 3.63) is 48.4 Å². The van der Waals surface area contributed by atoms with Gasteiger partial charge >= 0.3 is 0 Å². The molecule has 0 N–H and O–H groups in total. The highest BCUT2D eigenvalue weighted by molar-refractivity contribution is 5.80. The molecule has 6 heteroatoms. The number of benzene rings is 1. The molecule has 6 nitrogen and oxygen atoms in total. The lowest BCUT2D eigenvalue weighted by molar-refractivity contribution is 0.214. The topological polar surface area (TPSA) is 59.7 Å². The third-order valence-electron chi connectivity index (χ3n) is 4.55. The lowest BCUT2D eigenvalue weighted by Gasteiger charge is -2.23. The van der Waals surface area contributed by atoms with E-state index in [4.69, 9.17) is 9.97 Å². The van der Waals surface area contributed by atoms with Crippen LogP contribution in [-0.2, 0) is 13.1 Å². The van der Waals surface area contributed by atoms with E-state index in [1.165, 1.54) is 12.8 Å². The predicted octanol–water partition coefficient (Wildman–Crippen LogP) is 2.19. The average molecular weight is 308 g/mol. The predicted molar refractivity (Wildman–Crippen MR) is 87.7 cm³/mol. The zero-order valence-corrected chi connectivity index (χ0v) is 13.3. The molecule has 2 aromatic heterocycles. The minimum absolute atomic E-state index is 0.479. The second-order valence-electron chi connectivity index (χ2n) is 6.13. The highest BCUT2D eigenvalue weighted by Gasteiger charge is 2.26. The summed E-state index contributed by atoms with van der Waals surface area (Å²) >= 11 is 0. The van der Waals surface area contributed by atoms with Crippen LogP contribution in [0.15, 0.2) is 36.9 Å². The number of hydrogen-bond donors (Lipinski definition) is 0. The molecule has 1 saturated heterocycles. The fourth-order valence-corrected chi connectivity index (χ4v) is 3.40. The van der Waals surface area contributed by atoms with Gasteiger partial charge in [0, 0.05) is 17.1 Å². The molecule has 0 bridgehead atoms. The van der Waals surface area contributed by atoms with E-state index in [9.17, 15) is 0 Å². The molecule has 1 aromatic carbocycles. The van der Waals surface area contributed by atoms with Gasteiger partial charge in [0.2, 0.25) is 0 Å². The Morgan fingerprint density at radius 3 is 3.00 bits per heavy atom. The van der Waals surface area contributed by atoms with E-state index in [2.05, 4.69) is 34.0 Å². The Hall–Kier alpha value is -2.34. The van der Waals surface area contributed by atoms with Crippen LogP contribution in [0, 0.1) is 6.92 Å². The fraction of sp³-hybridized carbons (Fsp3) is 0.412. The summed E-state index contributed by atoms with van der Waals surface area (Å²) in [7, 11) is 0. The van der Waals surface area contributed by atoms with Crippen molar-refractivity contribution >= 4 is 10.9 Å². The largest absolute Gasteiger partial charge is 0.291 e. The highest BCUT2D eigenvalue weighted by atomic mass is 15.3. The second-order valence-corrected chi connectivity index (χ2v) is 6.13. The Balaban J connectivity index is 1.54. The van der Waals surface area contributed by atoms with Gasteiger partial charge in [0.1, 0.15) is 18.5 Å². The average Bonchev–Trinajstić information content (AvgIpc) is 3.21. The summed E-state index contributed by atoms with van der Waals surface area (Å²) in [5, 5.41) is 5.36. The first-order chi connectivity index (χ1) is 11.3. The lowest BCUT2D eigenvalue weighted by Crippen LogP contribution is -2.33. The third-order valence-corrected chi connectivity index (χ3v) is 4.55. The Bertz CT molecular complexity index is 798. The zero-order valence-electron chi connectivity index (χ0n) is 13.3. The second kappa shape index (κ2) is 6.04. The third kappa shape index (κ3) is 2.94. The summed E-state index contributed by atoms with van der Waals surface area (Å²) in [4.78, 5) is 15.9. The van der Waals surface area contributed by atoms with Crippen LogP contribution in [0.2, 0.25) is 0 Å². The summed E-state index contributed by atoms with van der Waals surface area (Å²) < 4.78 is 1.91. The SMILES string of the molecule is Cc1nc(CN2CCC[C@@H]2Cn2cncn2)nc2ccccc12. The monoisotopic (exact) mass is 308 g/mol. The molecule has 3 heterocycles. The standard InChI is InChI=1S/C17H20N6/c1-13-15-6-2-3-7-16(15)21-17(20-13)10-22-8-4-5-14(22)9-23-12-18-11-19-23/h2-3,6-7,11-12,14H,4-5,8-10H2,1H3/t14-/m1/s1. The van der Waals surface area contributed by atoms with Gasteiger partial charge in [0.25, 0.3) is 0 Å². The molecule has 4 rings (SSSR count). The molecular weight excluding hydrogens is 288 g/mol. The molecule has 1 aliphatic rings. The van der Waals surface area contributed by atoms with E-state index in [1.807, 2.05) is 16.8 Å². The number of aryl methyl sites for hydroxylation is 1. The van der Waals surface area contributed by atoms with Gasteiger partial charge in [-0.15, -0.1) is 0 Å². The van der Waals surface area contributed by atoms with Gasteiger partial charge in [0.15, 0.2) is 0 Å². The van der Waals surface area contributed by atoms with Crippen molar-refractivity contribution in [3.63, 3.8) is 0 Å². The van der Waals surface area contributed by atoms with E-state index in [-0.39, 0.29) is 0 Å². The van der Waals surface area contributed by atoms with Crippen molar-refractivity contribution in [1.29, 1.82) is 0 Å². The summed E-state index contributed by atoms with van der Waals surface area (Å²) in [5.74, 6) is 0.909. The molecule has 0 saturated carbocycles. The van der Waals surface area contributed by atoms with Crippen LogP contribution in [0.4, 0.5) is 0 Å². The summed E-state index contributed by atoms with van der Waals surface area (Å²) in [6, 6.07) is 8.68. The van der Waals surface area contributed by atoms with Crippen molar-refractivity contribution in [3.8, 4) is 0 Å². The summed E-state index contributed by atoms with van der Waals surface area (Å²) in [6.07, 6.45) is 5.78. The van der Waals surface area contributed by atoms with E-state index in [0.717, 1.165) is 42.1 Å². The first-order valence-electron chi connectivity index (χ1n) is 8.08. The van der Waals surface area contributed by atoms with Crippen LogP contribution < -0.4 is 0 Å². The molecule has 118 valence electrons. The molecule has 0 aliphatic carbocycles. The first kappa shape index (κ1) is 14.3. The minimum atomic E-state index is 0.479. The van der Waals surface area contributed by atoms with E-state index in [0.29, 0.717) is 6.04 Å². The van der Waals surface area contributed by atoms with Gasteiger partial charge in [0.05, 0.1) is 18.6 Å². The summed E-state index contributed by atoms with van der Waals surface area (Å²) in [5.41, 5.74) is 2.08. The van der Waals surface area contributed by atoms with Crippen LogP contribution in [0.3, 0.4) is 0 Å². The van der Waals surface area contributed by atoms with Gasteiger partial charge in [-0.2, -0.15) is 5.10 Å². The zero-order chi connectivity index (χ0) is 15.6. The quantitative estimate of drug-likeness (QED) is 0.739. The van der Waals surface area contributed by atoms with Crippen LogP contribution >= 0.6 is 0 Å². The molecule has 3 aromatic rings. The van der Waals surface area contributed by atoms with Crippen molar-refractivity contribution in [2.24, 2.45) is 0 Å². The lowest BCUT2D eigenvalue weighted by atomic mass is 10.2. The van der Waals surface area contributed by atoms with Crippen molar-refractivity contribution in [1.82, 2.24) is 29.6 Å². The molecule has 23 heavy (non-hydrogen) atoms. The molecule has 0 amide bonds. The maximum Gasteiger partial charge on any atom is 0.143 e. The number of hydrogen-bond acceptors (Lipinski definition) is 5. The normalized spacial score (nSPS) is 18.7. The highest BCUT2D eigenvalue weighted by Crippen LogP contribution is 2.22. The molecule has 1 atom stereocenters. The first-order valence-corrected chi connectivity index (χ1v) is 8.08. The Morgan fingerprint density at radius 1 is 1.22 bits per heavy atom. The van der Waals surface area contributed by atoms with Crippen LogP contribution in [-0.4, -0.2) is 42.2 Å². The Morgan fingerprint density at radius 2 is 2.13 bits per heavy atom. The van der Waals surface area contributed by atoms with Crippen molar-refractivity contribution < 1.29 is 0 Å². The van der Waals surface area contributed by atoms with E-state index >= 15 is 0 Å². The smallest absolute Gasteiger partial charge is 0.143 e. The minimum Gasteiger partial charge on any atom is -0.291 e.